The van der Waals surface area contributed by atoms with Gasteiger partial charge in [-0.15, -0.1) is 11.8 Å². The molecule has 0 radical (unpaired) electrons. The molecule has 2 amide bonds. The van der Waals surface area contributed by atoms with Gasteiger partial charge in [0.25, 0.3) is 11.8 Å². The zero-order valence-corrected chi connectivity index (χ0v) is 20.5. The van der Waals surface area contributed by atoms with E-state index in [2.05, 4.69) is 10.6 Å². The highest BCUT2D eigenvalue weighted by Crippen LogP contribution is 2.25. The van der Waals surface area contributed by atoms with Gasteiger partial charge >= 0.3 is 0 Å². The van der Waals surface area contributed by atoms with Gasteiger partial charge in [-0.05, 0) is 66.6 Å². The number of amides is 2. The molecule has 0 bridgehead atoms. The smallest absolute Gasteiger partial charge is 0.272 e. The summed E-state index contributed by atoms with van der Waals surface area (Å²) in [6.07, 6.45) is 1.65. The molecule has 0 saturated carbocycles. The van der Waals surface area contributed by atoms with Gasteiger partial charge in [0, 0.05) is 21.9 Å². The average molecular weight is 497 g/mol. The maximum atomic E-state index is 13.9. The minimum Gasteiger partial charge on any atom is -0.321 e. The SMILES string of the molecule is Cc1cccc(/C=C(\NC(=O)c2ccccc2)C(=O)Nc2ccc(SCc3ccccc3F)cc2)c1. The third-order valence-electron chi connectivity index (χ3n) is 5.35. The summed E-state index contributed by atoms with van der Waals surface area (Å²) in [7, 11) is 0. The third-order valence-corrected chi connectivity index (χ3v) is 6.41. The van der Waals surface area contributed by atoms with Crippen LogP contribution in [0.4, 0.5) is 10.1 Å². The molecule has 0 aromatic heterocycles. The molecule has 0 saturated heterocycles. The monoisotopic (exact) mass is 496 g/mol. The predicted molar refractivity (Wildman–Crippen MR) is 144 cm³/mol. The zero-order valence-electron chi connectivity index (χ0n) is 19.7. The molecule has 4 nitrogen and oxygen atoms in total. The Morgan fingerprint density at radius 2 is 1.58 bits per heavy atom. The van der Waals surface area contributed by atoms with Crippen LogP contribution in [0.25, 0.3) is 6.08 Å². The Hall–Kier alpha value is -4.16. The summed E-state index contributed by atoms with van der Waals surface area (Å²) in [4.78, 5) is 26.9. The van der Waals surface area contributed by atoms with E-state index < -0.39 is 5.91 Å². The molecule has 4 rings (SSSR count). The molecule has 4 aromatic carbocycles. The molecule has 6 heteroatoms. The van der Waals surface area contributed by atoms with Crippen LogP contribution in [0.2, 0.25) is 0 Å². The van der Waals surface area contributed by atoms with Gasteiger partial charge in [-0.3, -0.25) is 9.59 Å². The van der Waals surface area contributed by atoms with Crippen LogP contribution in [0.15, 0.2) is 114 Å². The Labute approximate surface area is 214 Å². The normalized spacial score (nSPS) is 11.1. The number of halogens is 1. The van der Waals surface area contributed by atoms with Gasteiger partial charge in [0.2, 0.25) is 0 Å². The number of carbonyl (C=O) groups is 2. The van der Waals surface area contributed by atoms with E-state index in [1.165, 1.54) is 17.8 Å². The molecule has 36 heavy (non-hydrogen) atoms. The maximum absolute atomic E-state index is 13.9. The van der Waals surface area contributed by atoms with E-state index in [-0.39, 0.29) is 17.4 Å². The van der Waals surface area contributed by atoms with E-state index in [1.54, 1.807) is 54.6 Å². The van der Waals surface area contributed by atoms with Crippen LogP contribution < -0.4 is 10.6 Å². The lowest BCUT2D eigenvalue weighted by Crippen LogP contribution is -2.30. The lowest BCUT2D eigenvalue weighted by Gasteiger charge is -2.12. The summed E-state index contributed by atoms with van der Waals surface area (Å²) in [5.41, 5.74) is 3.65. The van der Waals surface area contributed by atoms with Crippen molar-refractivity contribution in [3.63, 3.8) is 0 Å². The number of aryl methyl sites for hydroxylation is 1. The fraction of sp³-hybridized carbons (Fsp3) is 0.0667. The molecule has 0 aliphatic heterocycles. The number of thioether (sulfide) groups is 1. The standard InChI is InChI=1S/C30H25FN2O2S/c1-21-8-7-9-22(18-21)19-28(33-29(34)23-10-3-2-4-11-23)30(35)32-25-14-16-26(17-15-25)36-20-24-12-5-6-13-27(24)31/h2-19H,20H2,1H3,(H,32,35)(H,33,34)/b28-19-. The lowest BCUT2D eigenvalue weighted by atomic mass is 10.1. The van der Waals surface area contributed by atoms with Crippen LogP contribution in [0, 0.1) is 12.7 Å². The molecular weight excluding hydrogens is 471 g/mol. The molecule has 0 aliphatic carbocycles. The molecule has 0 heterocycles. The molecule has 180 valence electrons. The summed E-state index contributed by atoms with van der Waals surface area (Å²) in [5.74, 6) is -0.524. The summed E-state index contributed by atoms with van der Waals surface area (Å²) in [6, 6.07) is 30.4. The quantitative estimate of drug-likeness (QED) is 0.207. The van der Waals surface area contributed by atoms with Crippen LogP contribution in [0.3, 0.4) is 0 Å². The topological polar surface area (TPSA) is 58.2 Å². The molecule has 0 fully saturated rings. The van der Waals surface area contributed by atoms with Gasteiger partial charge in [0.1, 0.15) is 11.5 Å². The third kappa shape index (κ3) is 6.93. The van der Waals surface area contributed by atoms with Gasteiger partial charge in [-0.1, -0.05) is 66.2 Å². The Balaban J connectivity index is 1.47. The molecule has 2 N–H and O–H groups in total. The van der Waals surface area contributed by atoms with Crippen molar-refractivity contribution in [2.75, 3.05) is 5.32 Å². The van der Waals surface area contributed by atoms with Crippen molar-refractivity contribution in [3.05, 3.63) is 137 Å². The number of anilines is 1. The van der Waals surface area contributed by atoms with E-state index in [0.717, 1.165) is 16.0 Å². The second-order valence-electron chi connectivity index (χ2n) is 8.15. The van der Waals surface area contributed by atoms with Gasteiger partial charge in [0.05, 0.1) is 0 Å². The number of carbonyl (C=O) groups excluding carboxylic acids is 2. The Kier molecular flexibility index (Phi) is 8.32. The average Bonchev–Trinajstić information content (AvgIpc) is 2.89. The van der Waals surface area contributed by atoms with E-state index >= 15 is 0 Å². The zero-order chi connectivity index (χ0) is 25.3. The van der Waals surface area contributed by atoms with Crippen molar-refractivity contribution < 1.29 is 14.0 Å². The van der Waals surface area contributed by atoms with Crippen LogP contribution in [-0.2, 0) is 10.5 Å². The summed E-state index contributed by atoms with van der Waals surface area (Å²) >= 11 is 1.51. The van der Waals surface area contributed by atoms with Gasteiger partial charge in [0.15, 0.2) is 0 Å². The molecule has 0 atom stereocenters. The van der Waals surface area contributed by atoms with Gasteiger partial charge in [-0.25, -0.2) is 4.39 Å². The van der Waals surface area contributed by atoms with Crippen LogP contribution >= 0.6 is 11.8 Å². The minimum atomic E-state index is -0.437. The number of rotatable bonds is 8. The second-order valence-corrected chi connectivity index (χ2v) is 9.20. The van der Waals surface area contributed by atoms with Crippen LogP contribution in [-0.4, -0.2) is 11.8 Å². The molecule has 4 aromatic rings. The first-order valence-corrected chi connectivity index (χ1v) is 12.4. The highest BCUT2D eigenvalue weighted by atomic mass is 32.2. The molecular formula is C30H25FN2O2S. The number of hydrogen-bond donors (Lipinski definition) is 2. The van der Waals surface area contributed by atoms with E-state index in [9.17, 15) is 14.0 Å². The van der Waals surface area contributed by atoms with Crippen LogP contribution in [0.1, 0.15) is 27.0 Å². The van der Waals surface area contributed by atoms with Crippen LogP contribution in [0.5, 0.6) is 0 Å². The minimum absolute atomic E-state index is 0.132. The van der Waals surface area contributed by atoms with Crippen molar-refractivity contribution in [1.29, 1.82) is 0 Å². The van der Waals surface area contributed by atoms with E-state index in [1.807, 2.05) is 55.5 Å². The number of hydrogen-bond acceptors (Lipinski definition) is 3. The predicted octanol–water partition coefficient (Wildman–Crippen LogP) is 6.84. The largest absolute Gasteiger partial charge is 0.321 e. The highest BCUT2D eigenvalue weighted by molar-refractivity contribution is 7.98. The Morgan fingerprint density at radius 3 is 2.31 bits per heavy atom. The number of benzene rings is 4. The maximum Gasteiger partial charge on any atom is 0.272 e. The lowest BCUT2D eigenvalue weighted by molar-refractivity contribution is -0.113. The first-order chi connectivity index (χ1) is 17.5. The van der Waals surface area contributed by atoms with Crippen molar-refractivity contribution in [2.24, 2.45) is 0 Å². The van der Waals surface area contributed by atoms with Gasteiger partial charge in [-0.2, -0.15) is 0 Å². The summed E-state index contributed by atoms with van der Waals surface area (Å²) in [6.45, 7) is 1.96. The molecule has 0 aliphatic rings. The highest BCUT2D eigenvalue weighted by Gasteiger charge is 2.15. The first-order valence-electron chi connectivity index (χ1n) is 11.4. The molecule has 0 spiro atoms. The van der Waals surface area contributed by atoms with Gasteiger partial charge < -0.3 is 10.6 Å². The van der Waals surface area contributed by atoms with E-state index in [0.29, 0.717) is 22.6 Å². The fourth-order valence-electron chi connectivity index (χ4n) is 3.48. The van der Waals surface area contributed by atoms with E-state index in [4.69, 9.17) is 0 Å². The second kappa shape index (κ2) is 12.0. The summed E-state index contributed by atoms with van der Waals surface area (Å²) < 4.78 is 13.9. The number of nitrogens with one attached hydrogen (secondary N) is 2. The Bertz CT molecular complexity index is 1390. The Morgan fingerprint density at radius 1 is 0.861 bits per heavy atom. The molecule has 0 unspecified atom stereocenters. The fourth-order valence-corrected chi connectivity index (χ4v) is 4.36. The first kappa shape index (κ1) is 24.9. The van der Waals surface area contributed by atoms with Crippen molar-refractivity contribution in [3.8, 4) is 0 Å². The van der Waals surface area contributed by atoms with Crippen molar-refractivity contribution in [1.82, 2.24) is 5.32 Å². The van der Waals surface area contributed by atoms with Crippen molar-refractivity contribution >= 4 is 35.3 Å². The summed E-state index contributed by atoms with van der Waals surface area (Å²) in [5, 5.41) is 5.60. The van der Waals surface area contributed by atoms with Crippen molar-refractivity contribution in [2.45, 2.75) is 17.6 Å².